The van der Waals surface area contributed by atoms with E-state index in [1.165, 1.54) is 12.1 Å². The van der Waals surface area contributed by atoms with Crippen LogP contribution >= 0.6 is 11.6 Å². The van der Waals surface area contributed by atoms with Crippen molar-refractivity contribution >= 4 is 23.4 Å². The van der Waals surface area contributed by atoms with E-state index in [9.17, 15) is 4.79 Å². The van der Waals surface area contributed by atoms with Gasteiger partial charge in [0.2, 0.25) is 0 Å². The first-order valence-electron chi connectivity index (χ1n) is 5.54. The van der Waals surface area contributed by atoms with E-state index in [-0.39, 0.29) is 16.5 Å². The van der Waals surface area contributed by atoms with Gasteiger partial charge < -0.3 is 15.0 Å². The Morgan fingerprint density at radius 2 is 2.32 bits per heavy atom. The quantitative estimate of drug-likeness (QED) is 0.801. The van der Waals surface area contributed by atoms with Crippen molar-refractivity contribution in [3.05, 3.63) is 35.0 Å². The van der Waals surface area contributed by atoms with Crippen molar-refractivity contribution in [2.75, 3.05) is 11.9 Å². The minimum Gasteiger partial charge on any atom is -0.478 e. The molecule has 0 saturated heterocycles. The number of rotatable bonds is 5. The van der Waals surface area contributed by atoms with E-state index in [1.807, 2.05) is 7.05 Å². The average Bonchev–Trinajstić information content (AvgIpc) is 2.75. The number of nitrogens with zero attached hydrogens (tertiary/aromatic N) is 4. The zero-order valence-corrected chi connectivity index (χ0v) is 10.9. The molecule has 8 heteroatoms. The third kappa shape index (κ3) is 3.19. The number of nitrogens with one attached hydrogen (secondary N) is 1. The molecule has 0 unspecified atom stereocenters. The first-order valence-corrected chi connectivity index (χ1v) is 5.92. The number of aromatic nitrogens is 4. The van der Waals surface area contributed by atoms with Gasteiger partial charge in [0.05, 0.1) is 0 Å². The summed E-state index contributed by atoms with van der Waals surface area (Å²) in [6.07, 6.45) is 2.21. The molecule has 0 spiro atoms. The summed E-state index contributed by atoms with van der Waals surface area (Å²) in [4.78, 5) is 15.0. The van der Waals surface area contributed by atoms with E-state index in [1.54, 1.807) is 10.9 Å². The number of carbonyl (C=O) groups is 1. The molecular formula is C11H12ClN5O2. The molecule has 7 nitrogen and oxygen atoms in total. The molecule has 2 heterocycles. The van der Waals surface area contributed by atoms with Gasteiger partial charge in [-0.25, -0.2) is 9.78 Å². The molecule has 0 amide bonds. The van der Waals surface area contributed by atoms with Gasteiger partial charge in [0.25, 0.3) is 0 Å². The molecule has 100 valence electrons. The van der Waals surface area contributed by atoms with Crippen LogP contribution in [0.15, 0.2) is 18.5 Å². The van der Waals surface area contributed by atoms with Crippen LogP contribution in [0, 0.1) is 0 Å². The van der Waals surface area contributed by atoms with E-state index in [2.05, 4.69) is 20.5 Å². The summed E-state index contributed by atoms with van der Waals surface area (Å²) in [5, 5.41) is 19.9. The number of carboxylic acid groups (broad SMARTS) is 1. The highest BCUT2D eigenvalue weighted by Gasteiger charge is 2.12. The Hall–Kier alpha value is -2.15. The van der Waals surface area contributed by atoms with E-state index >= 15 is 0 Å². The average molecular weight is 282 g/mol. The van der Waals surface area contributed by atoms with Crippen LogP contribution in [0.3, 0.4) is 0 Å². The predicted molar refractivity (Wildman–Crippen MR) is 69.4 cm³/mol. The van der Waals surface area contributed by atoms with E-state index < -0.39 is 5.97 Å². The Morgan fingerprint density at radius 3 is 2.95 bits per heavy atom. The molecule has 0 bridgehead atoms. The van der Waals surface area contributed by atoms with Gasteiger partial charge in [-0.15, -0.1) is 10.2 Å². The second kappa shape index (κ2) is 5.66. The molecule has 0 fully saturated rings. The summed E-state index contributed by atoms with van der Waals surface area (Å²) in [5.74, 6) is -0.00102. The topological polar surface area (TPSA) is 92.9 Å². The molecule has 19 heavy (non-hydrogen) atoms. The lowest BCUT2D eigenvalue weighted by Crippen LogP contribution is -2.13. The maximum absolute atomic E-state index is 11.0. The van der Waals surface area contributed by atoms with Gasteiger partial charge in [0.15, 0.2) is 0 Å². The molecule has 0 aromatic carbocycles. The standard InChI is InChI=1S/C11H12ClN5O2/c1-17-6-14-16-9(17)4-5-13-10-7(11(18)19)2-3-8(12)15-10/h2-3,6H,4-5H2,1H3,(H,13,15)(H,18,19). The second-order valence-electron chi connectivity index (χ2n) is 3.87. The lowest BCUT2D eigenvalue weighted by molar-refractivity contribution is 0.0697. The highest BCUT2D eigenvalue weighted by molar-refractivity contribution is 6.29. The zero-order valence-electron chi connectivity index (χ0n) is 10.2. The Labute approximate surface area is 114 Å². The molecule has 0 aliphatic heterocycles. The second-order valence-corrected chi connectivity index (χ2v) is 4.26. The number of halogens is 1. The fraction of sp³-hybridized carbons (Fsp3) is 0.273. The van der Waals surface area contributed by atoms with Gasteiger partial charge in [-0.2, -0.15) is 0 Å². The van der Waals surface area contributed by atoms with Crippen LogP contribution in [0.2, 0.25) is 5.15 Å². The van der Waals surface area contributed by atoms with Gasteiger partial charge in [-0.1, -0.05) is 11.6 Å². The maximum atomic E-state index is 11.0. The van der Waals surface area contributed by atoms with Gasteiger partial charge in [-0.3, -0.25) is 0 Å². The highest BCUT2D eigenvalue weighted by atomic mass is 35.5. The summed E-state index contributed by atoms with van der Waals surface area (Å²) in [7, 11) is 1.84. The van der Waals surface area contributed by atoms with E-state index in [4.69, 9.17) is 16.7 Å². The van der Waals surface area contributed by atoms with Crippen LogP contribution in [-0.2, 0) is 13.5 Å². The normalized spacial score (nSPS) is 10.4. The van der Waals surface area contributed by atoms with Crippen LogP contribution in [0.5, 0.6) is 0 Å². The number of anilines is 1. The molecule has 2 aromatic heterocycles. The summed E-state index contributed by atoms with van der Waals surface area (Å²) in [6, 6.07) is 2.86. The van der Waals surface area contributed by atoms with Crippen LogP contribution in [-0.4, -0.2) is 37.4 Å². The summed E-state index contributed by atoms with van der Waals surface area (Å²) < 4.78 is 1.80. The number of aryl methyl sites for hydroxylation is 1. The molecule has 0 saturated carbocycles. The van der Waals surface area contributed by atoms with Crippen LogP contribution < -0.4 is 5.32 Å². The first kappa shape index (κ1) is 13.3. The number of hydrogen-bond donors (Lipinski definition) is 2. The summed E-state index contributed by atoms with van der Waals surface area (Å²) in [5.41, 5.74) is 0.0855. The van der Waals surface area contributed by atoms with Crippen molar-refractivity contribution in [2.45, 2.75) is 6.42 Å². The van der Waals surface area contributed by atoms with Crippen molar-refractivity contribution in [1.29, 1.82) is 0 Å². The third-order valence-electron chi connectivity index (χ3n) is 2.54. The maximum Gasteiger partial charge on any atom is 0.339 e. The van der Waals surface area contributed by atoms with Gasteiger partial charge in [0.1, 0.15) is 28.7 Å². The number of aromatic carboxylic acids is 1. The number of pyridine rings is 1. The van der Waals surface area contributed by atoms with Crippen molar-refractivity contribution in [2.24, 2.45) is 7.05 Å². The van der Waals surface area contributed by atoms with Gasteiger partial charge in [0, 0.05) is 20.0 Å². The van der Waals surface area contributed by atoms with Crippen molar-refractivity contribution < 1.29 is 9.90 Å². The van der Waals surface area contributed by atoms with Crippen LogP contribution in [0.25, 0.3) is 0 Å². The largest absolute Gasteiger partial charge is 0.478 e. The highest BCUT2D eigenvalue weighted by Crippen LogP contribution is 2.16. The molecule has 0 aliphatic rings. The SMILES string of the molecule is Cn1cnnc1CCNc1nc(Cl)ccc1C(=O)O. The Morgan fingerprint density at radius 1 is 1.53 bits per heavy atom. The van der Waals surface area contributed by atoms with Crippen molar-refractivity contribution in [3.8, 4) is 0 Å². The van der Waals surface area contributed by atoms with E-state index in [0.717, 1.165) is 5.82 Å². The third-order valence-corrected chi connectivity index (χ3v) is 2.75. The number of hydrogen-bond acceptors (Lipinski definition) is 5. The fourth-order valence-electron chi connectivity index (χ4n) is 1.57. The van der Waals surface area contributed by atoms with Crippen LogP contribution in [0.4, 0.5) is 5.82 Å². The van der Waals surface area contributed by atoms with Gasteiger partial charge >= 0.3 is 5.97 Å². The Bertz CT molecular complexity index is 599. The molecule has 0 atom stereocenters. The van der Waals surface area contributed by atoms with Gasteiger partial charge in [-0.05, 0) is 12.1 Å². The number of carboxylic acids is 1. The summed E-state index contributed by atoms with van der Waals surface area (Å²) in [6.45, 7) is 0.486. The summed E-state index contributed by atoms with van der Waals surface area (Å²) >= 11 is 5.75. The molecule has 2 rings (SSSR count). The fourth-order valence-corrected chi connectivity index (χ4v) is 1.72. The minimum absolute atomic E-state index is 0.0855. The molecule has 0 aliphatic carbocycles. The molecular weight excluding hydrogens is 270 g/mol. The van der Waals surface area contributed by atoms with Crippen LogP contribution in [0.1, 0.15) is 16.2 Å². The van der Waals surface area contributed by atoms with Crippen molar-refractivity contribution in [3.63, 3.8) is 0 Å². The monoisotopic (exact) mass is 281 g/mol. The first-order chi connectivity index (χ1) is 9.08. The molecule has 0 radical (unpaired) electrons. The molecule has 2 N–H and O–H groups in total. The molecule has 2 aromatic rings. The smallest absolute Gasteiger partial charge is 0.339 e. The Balaban J connectivity index is 2.05. The lowest BCUT2D eigenvalue weighted by atomic mass is 10.2. The van der Waals surface area contributed by atoms with E-state index in [0.29, 0.717) is 13.0 Å². The zero-order chi connectivity index (χ0) is 13.8. The van der Waals surface area contributed by atoms with Crippen molar-refractivity contribution in [1.82, 2.24) is 19.7 Å². The Kier molecular flexibility index (Phi) is 3.96. The predicted octanol–water partition coefficient (Wildman–Crippen LogP) is 1.22. The minimum atomic E-state index is -1.05. The lowest BCUT2D eigenvalue weighted by Gasteiger charge is -2.08.